The molecule has 0 unspecified atom stereocenters. The van der Waals surface area contributed by atoms with Crippen molar-refractivity contribution in [1.29, 1.82) is 0 Å². The fourth-order valence-corrected chi connectivity index (χ4v) is 3.81. The van der Waals surface area contributed by atoms with Crippen LogP contribution in [0.5, 0.6) is 0 Å². The van der Waals surface area contributed by atoms with E-state index >= 15 is 0 Å². The summed E-state index contributed by atoms with van der Waals surface area (Å²) in [7, 11) is 1.63. The Bertz CT molecular complexity index is 634. The highest BCUT2D eigenvalue weighted by Gasteiger charge is 2.42. The van der Waals surface area contributed by atoms with E-state index in [-0.39, 0.29) is 29.7 Å². The van der Waals surface area contributed by atoms with Gasteiger partial charge in [0.05, 0.1) is 6.61 Å². The lowest BCUT2D eigenvalue weighted by Crippen LogP contribution is -2.55. The maximum absolute atomic E-state index is 12.6. The number of carbonyl (C=O) groups excluding carboxylic acids is 2. The van der Waals surface area contributed by atoms with Crippen molar-refractivity contribution in [3.8, 4) is 0 Å². The molecule has 3 rings (SSSR count). The first-order chi connectivity index (χ1) is 12.0. The number of likely N-dealkylation sites (tertiary alicyclic amines) is 2. The molecule has 2 aliphatic heterocycles. The lowest BCUT2D eigenvalue weighted by molar-refractivity contribution is -0.144. The summed E-state index contributed by atoms with van der Waals surface area (Å²) in [5.74, 6) is 0.264. The van der Waals surface area contributed by atoms with Gasteiger partial charge in [0, 0.05) is 45.1 Å². The normalized spacial score (nSPS) is 24.1. The van der Waals surface area contributed by atoms with Crippen LogP contribution in [0.25, 0.3) is 0 Å². The molecule has 0 aliphatic carbocycles. The number of nitrogen functional groups attached to an aromatic ring is 1. The van der Waals surface area contributed by atoms with E-state index in [2.05, 4.69) is 15.5 Å². The minimum absolute atomic E-state index is 0.0261. The van der Waals surface area contributed by atoms with Gasteiger partial charge in [0.25, 0.3) is 0 Å². The van der Waals surface area contributed by atoms with Gasteiger partial charge in [-0.3, -0.25) is 9.59 Å². The van der Waals surface area contributed by atoms with Crippen molar-refractivity contribution in [2.24, 2.45) is 5.41 Å². The van der Waals surface area contributed by atoms with Crippen LogP contribution >= 0.6 is 0 Å². The zero-order chi connectivity index (χ0) is 17.9. The highest BCUT2D eigenvalue weighted by molar-refractivity contribution is 5.78. The molecule has 1 aromatic heterocycles. The standard InChI is InChI=1S/C15H25N7O3/c1-25-8-7-21-11-15(5-3-12(21)23)4-2-6-20(10-15)13(24)9-22-14(16)17-18-19-22/h2-11H2,1H3,(H2,16,17,19)/t15-/m0/s1. The molecule has 3 heterocycles. The average Bonchev–Trinajstić information content (AvgIpc) is 3.01. The predicted molar refractivity (Wildman–Crippen MR) is 88.2 cm³/mol. The Hall–Kier alpha value is -2.23. The van der Waals surface area contributed by atoms with Crippen LogP contribution in [0.3, 0.4) is 0 Å². The molecule has 25 heavy (non-hydrogen) atoms. The van der Waals surface area contributed by atoms with Gasteiger partial charge >= 0.3 is 0 Å². The van der Waals surface area contributed by atoms with Crippen LogP contribution in [0.1, 0.15) is 25.7 Å². The molecule has 2 saturated heterocycles. The number of piperidine rings is 2. The first-order valence-electron chi connectivity index (χ1n) is 8.59. The number of carbonyl (C=O) groups is 2. The lowest BCUT2D eigenvalue weighted by atomic mass is 9.73. The van der Waals surface area contributed by atoms with Crippen molar-refractivity contribution in [1.82, 2.24) is 30.0 Å². The third-order valence-corrected chi connectivity index (χ3v) is 5.17. The van der Waals surface area contributed by atoms with Crippen LogP contribution in [0.2, 0.25) is 0 Å². The highest BCUT2D eigenvalue weighted by Crippen LogP contribution is 2.38. The Morgan fingerprint density at radius 1 is 1.36 bits per heavy atom. The first-order valence-corrected chi connectivity index (χ1v) is 8.59. The molecule has 2 amide bonds. The first kappa shape index (κ1) is 17.6. The molecular formula is C15H25N7O3. The van der Waals surface area contributed by atoms with E-state index in [9.17, 15) is 9.59 Å². The zero-order valence-corrected chi connectivity index (χ0v) is 14.6. The Labute approximate surface area is 146 Å². The molecule has 10 heteroatoms. The van der Waals surface area contributed by atoms with Crippen molar-refractivity contribution in [3.05, 3.63) is 0 Å². The molecule has 0 aromatic carbocycles. The van der Waals surface area contributed by atoms with Crippen LogP contribution in [-0.2, 0) is 20.9 Å². The Morgan fingerprint density at radius 3 is 2.92 bits per heavy atom. The summed E-state index contributed by atoms with van der Waals surface area (Å²) in [5.41, 5.74) is 5.61. The summed E-state index contributed by atoms with van der Waals surface area (Å²) >= 11 is 0. The number of tetrazole rings is 1. The molecule has 10 nitrogen and oxygen atoms in total. The van der Waals surface area contributed by atoms with Gasteiger partial charge in [-0.1, -0.05) is 5.10 Å². The quantitative estimate of drug-likeness (QED) is 0.732. The number of nitrogens with two attached hydrogens (primary N) is 1. The number of amides is 2. The maximum atomic E-state index is 12.6. The highest BCUT2D eigenvalue weighted by atomic mass is 16.5. The number of ether oxygens (including phenoxy) is 1. The zero-order valence-electron chi connectivity index (χ0n) is 14.6. The van der Waals surface area contributed by atoms with Gasteiger partial charge in [-0.25, -0.2) is 4.68 Å². The molecule has 1 spiro atoms. The van der Waals surface area contributed by atoms with Crippen LogP contribution in [-0.4, -0.2) is 81.7 Å². The van der Waals surface area contributed by atoms with Gasteiger partial charge in [0.15, 0.2) is 0 Å². The SMILES string of the molecule is COCCN1C[C@@]2(CCCN(C(=O)Cn3nnnc3N)C2)CCC1=O. The van der Waals surface area contributed by atoms with Gasteiger partial charge in [-0.2, -0.15) is 0 Å². The van der Waals surface area contributed by atoms with Crippen LogP contribution in [0.4, 0.5) is 5.95 Å². The third kappa shape index (κ3) is 3.89. The van der Waals surface area contributed by atoms with Gasteiger partial charge in [0.1, 0.15) is 6.54 Å². The molecule has 0 bridgehead atoms. The molecule has 138 valence electrons. The molecule has 2 N–H and O–H groups in total. The van der Waals surface area contributed by atoms with Gasteiger partial charge in [-0.05, 0) is 29.7 Å². The van der Waals surface area contributed by atoms with E-state index in [4.69, 9.17) is 10.5 Å². The van der Waals surface area contributed by atoms with Crippen molar-refractivity contribution in [2.75, 3.05) is 45.6 Å². The van der Waals surface area contributed by atoms with E-state index in [1.807, 2.05) is 9.80 Å². The van der Waals surface area contributed by atoms with Gasteiger partial charge < -0.3 is 20.3 Å². The minimum Gasteiger partial charge on any atom is -0.383 e. The summed E-state index contributed by atoms with van der Waals surface area (Å²) in [6.07, 6.45) is 3.32. The van der Waals surface area contributed by atoms with E-state index < -0.39 is 0 Å². The Balaban J connectivity index is 1.64. The summed E-state index contributed by atoms with van der Waals surface area (Å²) in [4.78, 5) is 28.5. The van der Waals surface area contributed by atoms with E-state index in [0.717, 1.165) is 19.3 Å². The molecule has 2 fully saturated rings. The number of aromatic nitrogens is 4. The van der Waals surface area contributed by atoms with E-state index in [0.29, 0.717) is 39.2 Å². The molecule has 1 aromatic rings. The summed E-state index contributed by atoms with van der Waals surface area (Å²) in [6.45, 7) is 3.24. The van der Waals surface area contributed by atoms with Crippen molar-refractivity contribution < 1.29 is 14.3 Å². The average molecular weight is 351 g/mol. The summed E-state index contributed by atoms with van der Waals surface area (Å²) in [6, 6.07) is 0. The number of rotatable bonds is 5. The fourth-order valence-electron chi connectivity index (χ4n) is 3.81. The van der Waals surface area contributed by atoms with Crippen LogP contribution in [0.15, 0.2) is 0 Å². The number of hydrogen-bond acceptors (Lipinski definition) is 7. The Kier molecular flexibility index (Phi) is 5.16. The molecule has 1 atom stereocenters. The smallest absolute Gasteiger partial charge is 0.244 e. The van der Waals surface area contributed by atoms with Crippen LogP contribution in [0, 0.1) is 5.41 Å². The number of anilines is 1. The minimum atomic E-state index is -0.0431. The van der Waals surface area contributed by atoms with Crippen molar-refractivity contribution in [3.63, 3.8) is 0 Å². The lowest BCUT2D eigenvalue weighted by Gasteiger charge is -2.48. The van der Waals surface area contributed by atoms with E-state index in [1.165, 1.54) is 4.68 Å². The largest absolute Gasteiger partial charge is 0.383 e. The molecule has 0 radical (unpaired) electrons. The number of nitrogens with zero attached hydrogens (tertiary/aromatic N) is 6. The topological polar surface area (TPSA) is 119 Å². The second-order valence-corrected chi connectivity index (χ2v) is 6.92. The van der Waals surface area contributed by atoms with Crippen molar-refractivity contribution >= 4 is 17.8 Å². The van der Waals surface area contributed by atoms with Crippen molar-refractivity contribution in [2.45, 2.75) is 32.2 Å². The van der Waals surface area contributed by atoms with Gasteiger partial charge in [-0.15, -0.1) is 0 Å². The van der Waals surface area contributed by atoms with Crippen LogP contribution < -0.4 is 5.73 Å². The fraction of sp³-hybridized carbons (Fsp3) is 0.800. The Morgan fingerprint density at radius 2 is 2.20 bits per heavy atom. The summed E-state index contributed by atoms with van der Waals surface area (Å²) < 4.78 is 6.41. The van der Waals surface area contributed by atoms with E-state index in [1.54, 1.807) is 7.11 Å². The molecule has 2 aliphatic rings. The molecule has 0 saturated carbocycles. The maximum Gasteiger partial charge on any atom is 0.244 e. The number of hydrogen-bond donors (Lipinski definition) is 1. The van der Waals surface area contributed by atoms with Gasteiger partial charge in [0.2, 0.25) is 17.8 Å². The second-order valence-electron chi connectivity index (χ2n) is 6.92. The number of methoxy groups -OCH3 is 1. The summed E-state index contributed by atoms with van der Waals surface area (Å²) in [5, 5.41) is 10.8. The monoisotopic (exact) mass is 351 g/mol. The second kappa shape index (κ2) is 7.34. The third-order valence-electron chi connectivity index (χ3n) is 5.17. The predicted octanol–water partition coefficient (Wildman–Crippen LogP) is -0.867. The molecular weight excluding hydrogens is 326 g/mol.